The third kappa shape index (κ3) is 35.8. The molecule has 0 aliphatic rings. The van der Waals surface area contributed by atoms with Crippen LogP contribution in [0.1, 0.15) is 162 Å². The van der Waals surface area contributed by atoms with E-state index in [0.29, 0.717) is 12.8 Å². The third-order valence-electron chi connectivity index (χ3n) is 7.98. The highest BCUT2D eigenvalue weighted by atomic mass is 31.2. The van der Waals surface area contributed by atoms with Crippen molar-refractivity contribution in [3.8, 4) is 0 Å². The van der Waals surface area contributed by atoms with E-state index in [9.17, 15) is 19.0 Å². The molecule has 2 atom stereocenters. The van der Waals surface area contributed by atoms with Crippen molar-refractivity contribution < 1.29 is 37.6 Å². The van der Waals surface area contributed by atoms with Crippen molar-refractivity contribution >= 4 is 19.8 Å². The topological polar surface area (TPSA) is 134 Å². The second-order valence-electron chi connectivity index (χ2n) is 12.8. The molecule has 0 bridgehead atoms. The van der Waals surface area contributed by atoms with Crippen LogP contribution in [-0.2, 0) is 32.7 Å². The van der Waals surface area contributed by atoms with Crippen LogP contribution in [-0.4, -0.2) is 49.3 Å². The molecule has 0 saturated heterocycles. The zero-order chi connectivity index (χ0) is 36.8. The molecule has 0 heterocycles. The molecule has 0 aromatic carbocycles. The van der Waals surface area contributed by atoms with Gasteiger partial charge in [-0.1, -0.05) is 146 Å². The van der Waals surface area contributed by atoms with E-state index < -0.39 is 32.5 Å². The van der Waals surface area contributed by atoms with Gasteiger partial charge in [-0.05, 0) is 51.4 Å². The average Bonchev–Trinajstić information content (AvgIpc) is 3.10. The summed E-state index contributed by atoms with van der Waals surface area (Å²) >= 11 is 0. The molecule has 0 radical (unpaired) electrons. The lowest BCUT2D eigenvalue weighted by atomic mass is 10.0. The Kier molecular flexibility index (Phi) is 35.3. The Hall–Kier alpha value is -2.03. The number of allylic oxidation sites excluding steroid dienone is 8. The van der Waals surface area contributed by atoms with Crippen LogP contribution in [0.25, 0.3) is 0 Å². The monoisotopic (exact) mass is 725 g/mol. The summed E-state index contributed by atoms with van der Waals surface area (Å²) in [5, 5.41) is 0. The maximum atomic E-state index is 12.5. The minimum absolute atomic E-state index is 0.0490. The summed E-state index contributed by atoms with van der Waals surface area (Å²) in [4.78, 5) is 34.7. The van der Waals surface area contributed by atoms with Gasteiger partial charge in [0, 0.05) is 19.4 Å². The predicted octanol–water partition coefficient (Wildman–Crippen LogP) is 10.8. The number of carbonyl (C=O) groups is 2. The number of nitrogens with two attached hydrogens (primary N) is 1. The van der Waals surface area contributed by atoms with E-state index in [2.05, 4.69) is 62.5 Å². The largest absolute Gasteiger partial charge is 0.472 e. The van der Waals surface area contributed by atoms with Crippen molar-refractivity contribution in [2.75, 3.05) is 26.4 Å². The SMILES string of the molecule is CCC=CCC=CCC=CCC=CCCCCCCC(=O)OC[C@H](COP(=O)(O)OCCN)OC(=O)CCCCCCCCCCCCCC. The van der Waals surface area contributed by atoms with E-state index in [-0.39, 0.29) is 32.6 Å². The van der Waals surface area contributed by atoms with Crippen molar-refractivity contribution in [3.63, 3.8) is 0 Å². The minimum atomic E-state index is -4.38. The van der Waals surface area contributed by atoms with Gasteiger partial charge in [0.15, 0.2) is 6.10 Å². The lowest BCUT2D eigenvalue weighted by Crippen LogP contribution is -2.29. The van der Waals surface area contributed by atoms with E-state index >= 15 is 0 Å². The lowest BCUT2D eigenvalue weighted by molar-refractivity contribution is -0.161. The minimum Gasteiger partial charge on any atom is -0.462 e. The van der Waals surface area contributed by atoms with Gasteiger partial charge in [-0.2, -0.15) is 0 Å². The van der Waals surface area contributed by atoms with E-state index in [1.807, 2.05) is 0 Å². The zero-order valence-corrected chi connectivity index (χ0v) is 32.5. The summed E-state index contributed by atoms with van der Waals surface area (Å²) in [6.45, 7) is 3.57. The molecule has 0 fully saturated rings. The maximum Gasteiger partial charge on any atom is 0.472 e. The van der Waals surface area contributed by atoms with E-state index in [4.69, 9.17) is 24.3 Å². The Morgan fingerprint density at radius 2 is 1.10 bits per heavy atom. The molecule has 10 heteroatoms. The fourth-order valence-electron chi connectivity index (χ4n) is 5.09. The highest BCUT2D eigenvalue weighted by Gasteiger charge is 2.25. The fourth-order valence-corrected chi connectivity index (χ4v) is 5.86. The number of ether oxygens (including phenoxy) is 2. The molecule has 0 saturated carbocycles. The molecular formula is C40H72NO8P. The first-order chi connectivity index (χ1) is 24.3. The Bertz CT molecular complexity index is 965. The maximum absolute atomic E-state index is 12.5. The van der Waals surface area contributed by atoms with Gasteiger partial charge in [0.1, 0.15) is 6.61 Å². The van der Waals surface area contributed by atoms with Gasteiger partial charge in [-0.25, -0.2) is 4.57 Å². The smallest absolute Gasteiger partial charge is 0.462 e. The van der Waals surface area contributed by atoms with Crippen molar-refractivity contribution in [2.24, 2.45) is 5.73 Å². The standard InChI is InChI=1S/C40H72NO8P/c1-3-5-7-9-11-13-15-17-18-19-20-21-23-24-26-28-30-32-39(42)46-36-38(37-48-50(44,45)47-35-34-41)49-40(43)33-31-29-27-25-22-16-14-12-10-8-6-4-2/h5,7,11,13,17-18,20-21,38H,3-4,6,8-10,12,14-16,19,22-37,41H2,1-2H3,(H,44,45)/t38-/m1/s1. The Balaban J connectivity index is 4.24. The number of rotatable bonds is 36. The highest BCUT2D eigenvalue weighted by Crippen LogP contribution is 2.43. The van der Waals surface area contributed by atoms with Gasteiger partial charge < -0.3 is 20.1 Å². The van der Waals surface area contributed by atoms with E-state index in [0.717, 1.165) is 70.6 Å². The van der Waals surface area contributed by atoms with Gasteiger partial charge in [0.25, 0.3) is 0 Å². The summed E-state index contributed by atoms with van der Waals surface area (Å²) in [7, 11) is -4.38. The Labute approximate surface area is 305 Å². The van der Waals surface area contributed by atoms with Gasteiger partial charge in [-0.15, -0.1) is 0 Å². The fraction of sp³-hybridized carbons (Fsp3) is 0.750. The van der Waals surface area contributed by atoms with Gasteiger partial charge in [0.05, 0.1) is 13.2 Å². The molecule has 1 unspecified atom stereocenters. The van der Waals surface area contributed by atoms with E-state index in [1.54, 1.807) is 0 Å². The Morgan fingerprint density at radius 1 is 0.620 bits per heavy atom. The molecule has 50 heavy (non-hydrogen) atoms. The first-order valence-corrected chi connectivity index (χ1v) is 21.1. The Morgan fingerprint density at radius 3 is 1.64 bits per heavy atom. The molecule has 0 aromatic rings. The van der Waals surface area contributed by atoms with Crippen LogP contribution in [0.5, 0.6) is 0 Å². The van der Waals surface area contributed by atoms with Crippen molar-refractivity contribution in [2.45, 2.75) is 168 Å². The molecule has 9 nitrogen and oxygen atoms in total. The first kappa shape index (κ1) is 48.0. The molecular weight excluding hydrogens is 653 g/mol. The molecule has 0 spiro atoms. The second kappa shape index (κ2) is 36.8. The third-order valence-corrected chi connectivity index (χ3v) is 8.96. The van der Waals surface area contributed by atoms with Crippen LogP contribution < -0.4 is 5.73 Å². The summed E-state index contributed by atoms with van der Waals surface area (Å²) in [5.74, 6) is -0.858. The van der Waals surface area contributed by atoms with Gasteiger partial charge in [-0.3, -0.25) is 18.6 Å². The summed E-state index contributed by atoms with van der Waals surface area (Å²) in [6.07, 6.45) is 39.9. The van der Waals surface area contributed by atoms with Crippen LogP contribution in [0.3, 0.4) is 0 Å². The van der Waals surface area contributed by atoms with Crippen molar-refractivity contribution in [3.05, 3.63) is 48.6 Å². The quantitative estimate of drug-likeness (QED) is 0.0280. The number of phosphoric acid groups is 1. The predicted molar refractivity (Wildman–Crippen MR) is 206 cm³/mol. The normalized spacial score (nSPS) is 13.9. The second-order valence-corrected chi connectivity index (χ2v) is 14.2. The lowest BCUT2D eigenvalue weighted by Gasteiger charge is -2.19. The number of esters is 2. The van der Waals surface area contributed by atoms with E-state index in [1.165, 1.54) is 51.4 Å². The highest BCUT2D eigenvalue weighted by molar-refractivity contribution is 7.47. The number of hydrogen-bond acceptors (Lipinski definition) is 8. The number of unbranched alkanes of at least 4 members (excludes halogenated alkanes) is 15. The van der Waals surface area contributed by atoms with Crippen LogP contribution in [0.4, 0.5) is 0 Å². The zero-order valence-electron chi connectivity index (χ0n) is 31.6. The van der Waals surface area contributed by atoms with Crippen molar-refractivity contribution in [1.82, 2.24) is 0 Å². The molecule has 0 aliphatic heterocycles. The summed E-state index contributed by atoms with van der Waals surface area (Å²) < 4.78 is 32.6. The summed E-state index contributed by atoms with van der Waals surface area (Å²) in [6, 6.07) is 0. The number of hydrogen-bond donors (Lipinski definition) is 2. The number of carbonyl (C=O) groups excluding carboxylic acids is 2. The van der Waals surface area contributed by atoms with Gasteiger partial charge in [0.2, 0.25) is 0 Å². The molecule has 0 amide bonds. The van der Waals surface area contributed by atoms with Crippen LogP contribution in [0.15, 0.2) is 48.6 Å². The molecule has 0 aliphatic carbocycles. The molecule has 3 N–H and O–H groups in total. The molecule has 0 rings (SSSR count). The first-order valence-electron chi connectivity index (χ1n) is 19.6. The molecule has 0 aromatic heterocycles. The van der Waals surface area contributed by atoms with Gasteiger partial charge >= 0.3 is 19.8 Å². The summed E-state index contributed by atoms with van der Waals surface area (Å²) in [5.41, 5.74) is 5.33. The van der Waals surface area contributed by atoms with Crippen LogP contribution in [0.2, 0.25) is 0 Å². The van der Waals surface area contributed by atoms with Crippen LogP contribution in [0, 0.1) is 0 Å². The number of phosphoric ester groups is 1. The van der Waals surface area contributed by atoms with Crippen LogP contribution >= 0.6 is 7.82 Å². The average molecular weight is 726 g/mol. The van der Waals surface area contributed by atoms with Crippen molar-refractivity contribution in [1.29, 1.82) is 0 Å². The molecule has 290 valence electrons.